The van der Waals surface area contributed by atoms with Crippen molar-refractivity contribution in [3.8, 4) is 0 Å². The van der Waals surface area contributed by atoms with Gasteiger partial charge in [0.1, 0.15) is 0 Å². The summed E-state index contributed by atoms with van der Waals surface area (Å²) >= 11 is 0. The summed E-state index contributed by atoms with van der Waals surface area (Å²) in [6.45, 7) is 8.09. The Balaban J connectivity index is -0.000000108. The molecule has 0 aromatic rings. The molecule has 0 N–H and O–H groups in total. The van der Waals surface area contributed by atoms with Crippen molar-refractivity contribution < 1.29 is 46.8 Å². The zero-order valence-corrected chi connectivity index (χ0v) is 14.7. The van der Waals surface area contributed by atoms with Crippen LogP contribution < -0.4 is 15.3 Å². The molecule has 0 aromatic carbocycles. The molecule has 0 radical (unpaired) electrons. The monoisotopic (exact) mass is 352 g/mol. The van der Waals surface area contributed by atoms with Crippen molar-refractivity contribution in [2.75, 3.05) is 0 Å². The van der Waals surface area contributed by atoms with Crippen LogP contribution >= 0.6 is 0 Å². The minimum atomic E-state index is -0.187. The van der Waals surface area contributed by atoms with Gasteiger partial charge in [0, 0.05) is 0 Å². The van der Waals surface area contributed by atoms with E-state index in [1.807, 2.05) is 0 Å². The van der Waals surface area contributed by atoms with Gasteiger partial charge in [0.15, 0.2) is 17.3 Å². The second-order valence-electron chi connectivity index (χ2n) is 4.10. The topological polar surface area (TPSA) is 120 Å². The maximum absolute atomic E-state index is 9.98. The smallest absolute Gasteiger partial charge is 0.876 e. The van der Waals surface area contributed by atoms with E-state index in [0.29, 0.717) is 0 Å². The van der Waals surface area contributed by atoms with Crippen LogP contribution in [0.2, 0.25) is 0 Å². The fourth-order valence-electron chi connectivity index (χ4n) is 0.859. The molecule has 0 aliphatic heterocycles. The minimum Gasteiger partial charge on any atom is -0.876 e. The van der Waals surface area contributed by atoms with Gasteiger partial charge in [-0.15, -0.1) is 17.3 Å². The molecular formula is C15H21MnO6. The molecule has 0 heterocycles. The molecule has 124 valence electrons. The molecule has 7 heteroatoms. The average Bonchev–Trinajstić information content (AvgIpc) is 2.10. The fourth-order valence-corrected chi connectivity index (χ4v) is 0.859. The third-order valence-electron chi connectivity index (χ3n) is 1.22. The number of hydrogen-bond acceptors (Lipinski definition) is 6. The number of allylic oxidation sites excluding steroid dienone is 6. The molecule has 0 aromatic heterocycles. The molecule has 6 nitrogen and oxygen atoms in total. The molecule has 0 aliphatic rings. The van der Waals surface area contributed by atoms with Gasteiger partial charge >= 0.3 is 17.1 Å². The molecule has 0 fully saturated rings. The number of carbonyl (C=O) groups is 3. The Morgan fingerprint density at radius 2 is 0.682 bits per heavy atom. The van der Waals surface area contributed by atoms with Gasteiger partial charge in [-0.25, -0.2) is 0 Å². The molecule has 0 rings (SSSR count). The minimum absolute atomic E-state index is 0. The Bertz CT molecular complexity index is 368. The number of ketones is 3. The van der Waals surface area contributed by atoms with Crippen molar-refractivity contribution >= 4 is 17.3 Å². The van der Waals surface area contributed by atoms with E-state index in [2.05, 4.69) is 0 Å². The largest absolute Gasteiger partial charge is 3.00 e. The number of carbonyl (C=O) groups excluding carboxylic acids is 3. The van der Waals surface area contributed by atoms with Crippen LogP contribution in [-0.2, 0) is 31.5 Å². The number of rotatable bonds is 3. The van der Waals surface area contributed by atoms with Crippen LogP contribution in [0.4, 0.5) is 0 Å². The van der Waals surface area contributed by atoms with Crippen LogP contribution in [0.25, 0.3) is 0 Å². The molecule has 0 aliphatic carbocycles. The maximum atomic E-state index is 9.98. The average molecular weight is 352 g/mol. The first-order valence-electron chi connectivity index (χ1n) is 5.96. The first kappa shape index (κ1) is 28.3. The van der Waals surface area contributed by atoms with Crippen molar-refractivity contribution in [1.29, 1.82) is 0 Å². The summed E-state index contributed by atoms with van der Waals surface area (Å²) in [5.41, 5.74) is 0. The summed E-state index contributed by atoms with van der Waals surface area (Å²) in [5.74, 6) is -1.12. The summed E-state index contributed by atoms with van der Waals surface area (Å²) < 4.78 is 0. The van der Waals surface area contributed by atoms with Gasteiger partial charge in [-0.2, -0.15) is 0 Å². The first-order chi connectivity index (χ1) is 9.38. The van der Waals surface area contributed by atoms with Crippen LogP contribution in [0.15, 0.2) is 35.5 Å². The summed E-state index contributed by atoms with van der Waals surface area (Å²) in [6.07, 6.45) is 3.17. The Labute approximate surface area is 141 Å². The van der Waals surface area contributed by atoms with E-state index in [4.69, 9.17) is 0 Å². The normalized spacial score (nSPS) is 10.9. The first-order valence-corrected chi connectivity index (χ1v) is 5.96. The standard InChI is InChI=1S/3C5H8O2.Mn/c3*1-4(6)3-5(2)7;/h3*3,6H,1-2H3;/q;;;+3/p-3/b3*4-3+;. The van der Waals surface area contributed by atoms with Crippen molar-refractivity contribution in [2.45, 2.75) is 41.5 Å². The predicted octanol–water partition coefficient (Wildman–Crippen LogP) is -0.484. The fraction of sp³-hybridized carbons (Fsp3) is 0.400. The van der Waals surface area contributed by atoms with Crippen molar-refractivity contribution in [3.05, 3.63) is 35.5 Å². The number of hydrogen-bond donors (Lipinski definition) is 0. The Hall–Kier alpha value is -1.85. The van der Waals surface area contributed by atoms with Gasteiger partial charge in [-0.3, -0.25) is 14.4 Å². The Morgan fingerprint density at radius 1 is 0.545 bits per heavy atom. The molecule has 0 saturated carbocycles. The molecule has 22 heavy (non-hydrogen) atoms. The van der Waals surface area contributed by atoms with Crippen molar-refractivity contribution in [2.24, 2.45) is 0 Å². The van der Waals surface area contributed by atoms with E-state index in [1.54, 1.807) is 0 Å². The molecule has 0 amide bonds. The maximum Gasteiger partial charge on any atom is 3.00 e. The van der Waals surface area contributed by atoms with Crippen LogP contribution in [0.5, 0.6) is 0 Å². The third-order valence-corrected chi connectivity index (χ3v) is 1.22. The van der Waals surface area contributed by atoms with Crippen molar-refractivity contribution in [1.82, 2.24) is 0 Å². The van der Waals surface area contributed by atoms with Gasteiger partial charge in [-0.05, 0) is 39.0 Å². The summed E-state index contributed by atoms with van der Waals surface area (Å²) in [7, 11) is 0. The Kier molecular flexibility index (Phi) is 22.2. The zero-order chi connectivity index (χ0) is 17.6. The van der Waals surface area contributed by atoms with Gasteiger partial charge in [0.05, 0.1) is 0 Å². The second-order valence-corrected chi connectivity index (χ2v) is 4.10. The molecule has 0 saturated heterocycles. The summed E-state index contributed by atoms with van der Waals surface area (Å²) in [6, 6.07) is 0. The van der Waals surface area contributed by atoms with Gasteiger partial charge in [-0.1, -0.05) is 20.8 Å². The summed E-state index contributed by atoms with van der Waals surface area (Å²) in [4.78, 5) is 29.9. The van der Waals surface area contributed by atoms with E-state index in [1.165, 1.54) is 41.5 Å². The van der Waals surface area contributed by atoms with Gasteiger partial charge in [0.25, 0.3) is 0 Å². The van der Waals surface area contributed by atoms with E-state index in [9.17, 15) is 29.7 Å². The predicted molar refractivity (Wildman–Crippen MR) is 73.3 cm³/mol. The van der Waals surface area contributed by atoms with Crippen LogP contribution in [0.3, 0.4) is 0 Å². The zero-order valence-electron chi connectivity index (χ0n) is 13.6. The van der Waals surface area contributed by atoms with E-state index < -0.39 is 0 Å². The van der Waals surface area contributed by atoms with E-state index in [-0.39, 0.29) is 51.7 Å². The quantitative estimate of drug-likeness (QED) is 0.384. The Morgan fingerprint density at radius 3 is 0.682 bits per heavy atom. The molecule has 0 bridgehead atoms. The second kappa shape index (κ2) is 17.2. The van der Waals surface area contributed by atoms with E-state index >= 15 is 0 Å². The molecular weight excluding hydrogens is 331 g/mol. The van der Waals surface area contributed by atoms with Crippen LogP contribution in [-0.4, -0.2) is 17.3 Å². The molecule has 0 unspecified atom stereocenters. The van der Waals surface area contributed by atoms with Gasteiger partial charge < -0.3 is 15.3 Å². The third kappa shape index (κ3) is 51.8. The molecule has 0 atom stereocenters. The van der Waals surface area contributed by atoms with Crippen molar-refractivity contribution in [3.63, 3.8) is 0 Å². The molecule has 0 spiro atoms. The van der Waals surface area contributed by atoms with Crippen LogP contribution in [0.1, 0.15) is 41.5 Å². The van der Waals surface area contributed by atoms with E-state index in [0.717, 1.165) is 18.2 Å². The van der Waals surface area contributed by atoms with Gasteiger partial charge in [0.2, 0.25) is 0 Å². The van der Waals surface area contributed by atoms with Crippen LogP contribution in [0, 0.1) is 0 Å². The summed E-state index contributed by atoms with van der Waals surface area (Å²) in [5, 5.41) is 29.9. The SMILES string of the molecule is CC(=O)/C=C(\C)[O-].CC(=O)/C=C(\C)[O-].CC(=O)/C=C(\C)[O-].[Mn+3].